The maximum Gasteiger partial charge on any atom is 0.568 e. The summed E-state index contributed by atoms with van der Waals surface area (Å²) in [6.45, 7) is 4.23. The van der Waals surface area contributed by atoms with Crippen molar-refractivity contribution in [3.63, 3.8) is 0 Å². The summed E-state index contributed by atoms with van der Waals surface area (Å²) in [6.07, 6.45) is 18.1. The molecule has 0 bridgehead atoms. The van der Waals surface area contributed by atoms with E-state index < -0.39 is 0 Å². The number of aromatic nitrogens is 10. The van der Waals surface area contributed by atoms with Gasteiger partial charge in [-0.25, -0.2) is 0 Å². The average molecular weight is 720 g/mol. The van der Waals surface area contributed by atoms with Crippen LogP contribution in [0.5, 0.6) is 0 Å². The van der Waals surface area contributed by atoms with E-state index in [1.807, 2.05) is 79.5 Å². The molecule has 5 aromatic heterocycles. The molecule has 0 fully saturated rings. The van der Waals surface area contributed by atoms with Crippen molar-refractivity contribution in [2.45, 2.75) is 13.8 Å². The molecule has 0 aliphatic heterocycles. The van der Waals surface area contributed by atoms with Gasteiger partial charge < -0.3 is 4.57 Å². The second kappa shape index (κ2) is 14.6. The Morgan fingerprint density at radius 2 is 1.41 bits per heavy atom. The average Bonchev–Trinajstić information content (AvgIpc) is 3.83. The number of imidazole rings is 1. The minimum atomic E-state index is -0.194. The Balaban J connectivity index is 0.000000160. The number of H-pyrrole nitrogens is 1. The number of hydrogen-bond acceptors (Lipinski definition) is 5. The molecule has 0 saturated carbocycles. The van der Waals surface area contributed by atoms with Gasteiger partial charge in [0.25, 0.3) is 0 Å². The number of aromatic amines is 1. The molecule has 10 nitrogen and oxygen atoms in total. The Morgan fingerprint density at radius 1 is 0.732 bits per heavy atom. The van der Waals surface area contributed by atoms with Crippen LogP contribution in [0.25, 0.3) is 17.1 Å². The Hall–Kier alpha value is -4.80. The zero-order valence-corrected chi connectivity index (χ0v) is 25.0. The molecule has 2 aromatic carbocycles. The zero-order valence-electron chi connectivity index (χ0n) is 22.6. The third kappa shape index (κ3) is 7.44. The molecule has 0 aliphatic carbocycles. The SMILES string of the molecule is Cc1ccc(-n2ccnc2-c2[c-]cccc2)c(C)c1.[Ir].c1cn[nH]c1.c1cnn(B(n2cccn2)n2cccn2)c1. The number of rotatable bonds is 5. The second-order valence-corrected chi connectivity index (χ2v) is 8.76. The van der Waals surface area contributed by atoms with Crippen LogP contribution in [0, 0.1) is 19.9 Å². The monoisotopic (exact) mass is 720 g/mol. The van der Waals surface area contributed by atoms with Gasteiger partial charge in [-0.05, 0) is 49.7 Å². The van der Waals surface area contributed by atoms with Gasteiger partial charge in [0.2, 0.25) is 0 Å². The summed E-state index contributed by atoms with van der Waals surface area (Å²) in [7, 11) is -0.194. The van der Waals surface area contributed by atoms with Crippen LogP contribution in [0.2, 0.25) is 0 Å². The first kappa shape index (κ1) is 29.2. The molecule has 1 radical (unpaired) electrons. The first-order chi connectivity index (χ1) is 19.7. The van der Waals surface area contributed by atoms with E-state index in [9.17, 15) is 0 Å². The van der Waals surface area contributed by atoms with E-state index >= 15 is 0 Å². The predicted molar refractivity (Wildman–Crippen MR) is 155 cm³/mol. The molecule has 0 spiro atoms. The maximum absolute atomic E-state index is 4.46. The second-order valence-electron chi connectivity index (χ2n) is 8.76. The van der Waals surface area contributed by atoms with E-state index in [1.165, 1.54) is 11.1 Å². The van der Waals surface area contributed by atoms with Crippen LogP contribution in [0.3, 0.4) is 0 Å². The quantitative estimate of drug-likeness (QED) is 0.208. The van der Waals surface area contributed by atoms with Gasteiger partial charge in [0.1, 0.15) is 0 Å². The van der Waals surface area contributed by atoms with Crippen molar-refractivity contribution in [2.24, 2.45) is 0 Å². The largest absolute Gasteiger partial charge is 0.568 e. The van der Waals surface area contributed by atoms with Crippen molar-refractivity contribution in [3.8, 4) is 17.1 Å². The van der Waals surface area contributed by atoms with Crippen LogP contribution in [-0.2, 0) is 20.1 Å². The zero-order chi connectivity index (χ0) is 27.6. The molecule has 207 valence electrons. The summed E-state index contributed by atoms with van der Waals surface area (Å²) in [5.74, 6) is 0.924. The normalized spacial score (nSPS) is 10.0. The van der Waals surface area contributed by atoms with Crippen molar-refractivity contribution in [1.82, 2.24) is 48.8 Å². The smallest absolute Gasteiger partial charge is 0.340 e. The van der Waals surface area contributed by atoms with E-state index in [2.05, 4.69) is 73.2 Å². The minimum absolute atomic E-state index is 0. The number of nitrogens with zero attached hydrogens (tertiary/aromatic N) is 9. The van der Waals surface area contributed by atoms with Crippen molar-refractivity contribution < 1.29 is 20.1 Å². The maximum atomic E-state index is 4.46. The fraction of sp³-hybridized carbons (Fsp3) is 0.0690. The van der Waals surface area contributed by atoms with Crippen molar-refractivity contribution in [2.75, 3.05) is 0 Å². The van der Waals surface area contributed by atoms with Gasteiger partial charge in [-0.15, -0.1) is 35.9 Å². The van der Waals surface area contributed by atoms with Gasteiger partial charge >= 0.3 is 7.12 Å². The molecule has 41 heavy (non-hydrogen) atoms. The molecule has 0 unspecified atom stereocenters. The minimum Gasteiger partial charge on any atom is -0.340 e. The molecule has 1 N–H and O–H groups in total. The molecule has 0 atom stereocenters. The molecule has 0 aliphatic rings. The Labute approximate surface area is 252 Å². The molecular weight excluding hydrogens is 691 g/mol. The summed E-state index contributed by atoms with van der Waals surface area (Å²) < 4.78 is 7.49. The molecule has 12 heteroatoms. The Kier molecular flexibility index (Phi) is 10.4. The first-order valence-corrected chi connectivity index (χ1v) is 12.7. The van der Waals surface area contributed by atoms with E-state index in [0.717, 1.165) is 17.1 Å². The fourth-order valence-corrected chi connectivity index (χ4v) is 4.14. The number of hydrogen-bond donors (Lipinski definition) is 1. The van der Waals surface area contributed by atoms with Crippen LogP contribution in [0.15, 0.2) is 129 Å². The van der Waals surface area contributed by atoms with Crippen LogP contribution >= 0.6 is 0 Å². The van der Waals surface area contributed by atoms with Crippen molar-refractivity contribution >= 4 is 7.12 Å². The molecule has 0 amide bonds. The van der Waals surface area contributed by atoms with Crippen molar-refractivity contribution in [3.05, 3.63) is 146 Å². The summed E-state index contributed by atoms with van der Waals surface area (Å²) >= 11 is 0. The molecular formula is C29H28BIrN10-. The van der Waals surface area contributed by atoms with Gasteiger partial charge in [-0.1, -0.05) is 17.7 Å². The summed E-state index contributed by atoms with van der Waals surface area (Å²) in [4.78, 5) is 4.46. The number of aryl methyl sites for hydroxylation is 2. The van der Waals surface area contributed by atoms with Gasteiger partial charge in [0.15, 0.2) is 0 Å². The third-order valence-electron chi connectivity index (χ3n) is 5.89. The molecule has 7 rings (SSSR count). The summed E-state index contributed by atoms with van der Waals surface area (Å²) in [6, 6.07) is 25.1. The standard InChI is InChI=1S/C17H15N2.C9H9BN6.C3H4N2.Ir/c1-13-8-9-16(14(2)12-13)19-11-10-18-17(19)15-6-4-3-5-7-15;1-4-11-14(7-1)10(15-8-2-5-12-15)16-9-3-6-13-16;1-2-4-5-3-1;/h3-6,8-12H,1-2H3;1-9H;1-3H,(H,4,5);/q-1;;;. The van der Waals surface area contributed by atoms with E-state index in [0.29, 0.717) is 0 Å². The van der Waals surface area contributed by atoms with E-state index in [1.54, 1.807) is 44.8 Å². The Morgan fingerprint density at radius 3 is 1.88 bits per heavy atom. The van der Waals surface area contributed by atoms with Gasteiger partial charge in [-0.3, -0.25) is 23.9 Å². The predicted octanol–water partition coefficient (Wildman–Crippen LogP) is 4.57. The summed E-state index contributed by atoms with van der Waals surface area (Å²) in [5.41, 5.74) is 4.69. The van der Waals surface area contributed by atoms with Gasteiger partial charge in [0, 0.05) is 87.8 Å². The van der Waals surface area contributed by atoms with Crippen LogP contribution in [0.4, 0.5) is 0 Å². The van der Waals surface area contributed by atoms with Crippen LogP contribution in [-0.4, -0.2) is 55.9 Å². The topological polar surface area (TPSA) is 100.0 Å². The summed E-state index contributed by atoms with van der Waals surface area (Å²) in [5, 5.41) is 18.9. The van der Waals surface area contributed by atoms with Crippen LogP contribution in [0.1, 0.15) is 11.1 Å². The number of nitrogens with one attached hydrogen (secondary N) is 1. The third-order valence-corrected chi connectivity index (χ3v) is 5.89. The number of benzene rings is 2. The molecule has 7 aromatic rings. The molecule has 5 heterocycles. The Bertz CT molecular complexity index is 1560. The van der Waals surface area contributed by atoms with Crippen LogP contribution < -0.4 is 0 Å². The van der Waals surface area contributed by atoms with E-state index in [4.69, 9.17) is 0 Å². The first-order valence-electron chi connectivity index (χ1n) is 12.7. The van der Waals surface area contributed by atoms with Crippen molar-refractivity contribution in [1.29, 1.82) is 0 Å². The van der Waals surface area contributed by atoms with Gasteiger partial charge in [0.05, 0.1) is 5.82 Å². The molecule has 0 saturated heterocycles. The fourth-order valence-electron chi connectivity index (χ4n) is 4.14. The van der Waals surface area contributed by atoms with Gasteiger partial charge in [-0.2, -0.15) is 20.4 Å². The van der Waals surface area contributed by atoms with E-state index in [-0.39, 0.29) is 27.2 Å².